The Balaban J connectivity index is 2.03. The van der Waals surface area contributed by atoms with Crippen LogP contribution in [0.25, 0.3) is 4.85 Å². The molecule has 18 heavy (non-hydrogen) atoms. The van der Waals surface area contributed by atoms with Crippen molar-refractivity contribution in [2.45, 2.75) is 36.7 Å². The van der Waals surface area contributed by atoms with Crippen molar-refractivity contribution in [2.75, 3.05) is 0 Å². The van der Waals surface area contributed by atoms with Crippen molar-refractivity contribution in [1.82, 2.24) is 0 Å². The lowest BCUT2D eigenvalue weighted by atomic mass is 9.96. The van der Waals surface area contributed by atoms with Gasteiger partial charge in [-0.25, -0.2) is 4.85 Å². The van der Waals surface area contributed by atoms with Crippen molar-refractivity contribution >= 4 is 16.5 Å². The molecule has 1 aliphatic carbocycles. The fourth-order valence-electron chi connectivity index (χ4n) is 2.28. The zero-order valence-electron chi connectivity index (χ0n) is 10.4. The first kappa shape index (κ1) is 13.0. The van der Waals surface area contributed by atoms with E-state index in [1.165, 1.54) is 5.57 Å². The summed E-state index contributed by atoms with van der Waals surface area (Å²) in [6.07, 6.45) is 3.96. The van der Waals surface area contributed by atoms with Crippen LogP contribution in [0.4, 0.5) is 5.69 Å². The molecule has 0 amide bonds. The molecular formula is C15H17NOS. The van der Waals surface area contributed by atoms with E-state index in [9.17, 15) is 4.21 Å². The third-order valence-corrected chi connectivity index (χ3v) is 5.23. The van der Waals surface area contributed by atoms with E-state index < -0.39 is 10.8 Å². The van der Waals surface area contributed by atoms with Crippen molar-refractivity contribution < 1.29 is 4.21 Å². The lowest BCUT2D eigenvalue weighted by molar-refractivity contribution is 0.588. The topological polar surface area (TPSA) is 21.4 Å². The minimum Gasteiger partial charge on any atom is -0.259 e. The van der Waals surface area contributed by atoms with Crippen molar-refractivity contribution in [3.8, 4) is 0 Å². The van der Waals surface area contributed by atoms with Gasteiger partial charge in [-0.3, -0.25) is 4.21 Å². The molecule has 0 bridgehead atoms. The largest absolute Gasteiger partial charge is 0.259 e. The maximum atomic E-state index is 12.3. The molecule has 2 nitrogen and oxygen atoms in total. The molecule has 1 aliphatic rings. The Morgan fingerprint density at radius 1 is 1.33 bits per heavy atom. The highest BCUT2D eigenvalue weighted by Gasteiger charge is 2.21. The van der Waals surface area contributed by atoms with Gasteiger partial charge in [-0.15, -0.1) is 0 Å². The third-order valence-electron chi connectivity index (χ3n) is 3.42. The van der Waals surface area contributed by atoms with Crippen LogP contribution >= 0.6 is 0 Å². The summed E-state index contributed by atoms with van der Waals surface area (Å²) in [6, 6.07) is 7.46. The average molecular weight is 259 g/mol. The van der Waals surface area contributed by atoms with Crippen molar-refractivity contribution in [1.29, 1.82) is 0 Å². The summed E-state index contributed by atoms with van der Waals surface area (Å²) in [6.45, 7) is 11.1. The first-order valence-corrected chi connectivity index (χ1v) is 7.58. The maximum absolute atomic E-state index is 12.3. The van der Waals surface area contributed by atoms with Crippen LogP contribution in [0.2, 0.25) is 0 Å². The average Bonchev–Trinajstić information content (AvgIpc) is 2.40. The molecule has 0 radical (unpaired) electrons. The second kappa shape index (κ2) is 5.97. The lowest BCUT2D eigenvalue weighted by Crippen LogP contribution is -2.20. The number of rotatable bonds is 3. The quantitative estimate of drug-likeness (QED) is 0.594. The normalized spacial score (nSPS) is 18.3. The Morgan fingerprint density at radius 2 is 2.00 bits per heavy atom. The first-order valence-electron chi connectivity index (χ1n) is 6.20. The Morgan fingerprint density at radius 3 is 2.67 bits per heavy atom. The van der Waals surface area contributed by atoms with Gasteiger partial charge >= 0.3 is 0 Å². The second-order valence-corrected chi connectivity index (χ2v) is 6.43. The monoisotopic (exact) mass is 259 g/mol. The van der Waals surface area contributed by atoms with E-state index in [1.807, 2.05) is 18.2 Å². The molecule has 0 aliphatic heterocycles. The molecule has 0 spiro atoms. The van der Waals surface area contributed by atoms with Crippen LogP contribution in [-0.4, -0.2) is 9.46 Å². The molecule has 2 rings (SSSR count). The molecule has 94 valence electrons. The number of para-hydroxylation sites is 1. The lowest BCUT2D eigenvalue weighted by Gasteiger charge is -2.22. The molecule has 0 saturated heterocycles. The first-order chi connectivity index (χ1) is 8.70. The van der Waals surface area contributed by atoms with Gasteiger partial charge in [0, 0.05) is 21.8 Å². The van der Waals surface area contributed by atoms with Crippen LogP contribution in [-0.2, 0) is 16.6 Å². The van der Waals surface area contributed by atoms with Crippen LogP contribution in [0.5, 0.6) is 0 Å². The molecule has 1 aromatic carbocycles. The zero-order chi connectivity index (χ0) is 13.0. The standard InChI is InChI=1S/C15H17NOS/c1-12-7-9-14(10-8-12)18(17)11-13-5-3-4-6-15(13)16-2/h3-6,14H,1,7-11H2. The van der Waals surface area contributed by atoms with Gasteiger partial charge in [0.2, 0.25) is 0 Å². The SMILES string of the molecule is [C-]#[N+]c1ccccc1CS(=O)C1CCC(=C)CC1. The predicted octanol–water partition coefficient (Wildman–Crippen LogP) is 3.98. The van der Waals surface area contributed by atoms with Crippen molar-refractivity contribution in [3.63, 3.8) is 0 Å². The molecule has 0 aromatic heterocycles. The summed E-state index contributed by atoms with van der Waals surface area (Å²) in [5.41, 5.74) is 2.83. The molecule has 1 atom stereocenters. The van der Waals surface area contributed by atoms with E-state index in [2.05, 4.69) is 11.4 Å². The summed E-state index contributed by atoms with van der Waals surface area (Å²) < 4.78 is 12.3. The van der Waals surface area contributed by atoms with E-state index in [-0.39, 0.29) is 5.25 Å². The van der Waals surface area contributed by atoms with Gasteiger partial charge in [0.25, 0.3) is 0 Å². The number of hydrogen-bond donors (Lipinski definition) is 0. The van der Waals surface area contributed by atoms with Crippen LogP contribution < -0.4 is 0 Å². The number of benzene rings is 1. The summed E-state index contributed by atoms with van der Waals surface area (Å²) in [7, 11) is -0.869. The van der Waals surface area contributed by atoms with Gasteiger partial charge in [0.15, 0.2) is 5.69 Å². The third kappa shape index (κ3) is 3.08. The molecule has 1 unspecified atom stereocenters. The van der Waals surface area contributed by atoms with Crippen LogP contribution in [0, 0.1) is 6.57 Å². The zero-order valence-corrected chi connectivity index (χ0v) is 11.2. The van der Waals surface area contributed by atoms with Crippen LogP contribution in [0.15, 0.2) is 36.4 Å². The van der Waals surface area contributed by atoms with Gasteiger partial charge in [-0.2, -0.15) is 0 Å². The second-order valence-electron chi connectivity index (χ2n) is 4.71. The van der Waals surface area contributed by atoms with E-state index in [0.29, 0.717) is 11.4 Å². The van der Waals surface area contributed by atoms with Gasteiger partial charge < -0.3 is 0 Å². The summed E-state index contributed by atoms with van der Waals surface area (Å²) >= 11 is 0. The summed E-state index contributed by atoms with van der Waals surface area (Å²) in [5, 5.41) is 0.272. The Bertz CT molecular complexity index is 505. The number of allylic oxidation sites excluding steroid dienone is 1. The molecule has 0 N–H and O–H groups in total. The number of hydrogen-bond acceptors (Lipinski definition) is 1. The summed E-state index contributed by atoms with van der Waals surface area (Å²) in [4.78, 5) is 3.48. The molecular weight excluding hydrogens is 242 g/mol. The van der Waals surface area contributed by atoms with E-state index in [0.717, 1.165) is 31.2 Å². The minimum absolute atomic E-state index is 0.272. The van der Waals surface area contributed by atoms with E-state index >= 15 is 0 Å². The van der Waals surface area contributed by atoms with Gasteiger partial charge in [0.1, 0.15) is 0 Å². The molecule has 0 heterocycles. The molecule has 1 saturated carbocycles. The van der Waals surface area contributed by atoms with E-state index in [4.69, 9.17) is 6.57 Å². The minimum atomic E-state index is -0.869. The summed E-state index contributed by atoms with van der Waals surface area (Å²) in [5.74, 6) is 0.510. The van der Waals surface area contributed by atoms with Crippen LogP contribution in [0.1, 0.15) is 31.2 Å². The Hall–Kier alpha value is -1.40. The molecule has 1 fully saturated rings. The van der Waals surface area contributed by atoms with Gasteiger partial charge in [-0.1, -0.05) is 36.4 Å². The van der Waals surface area contributed by atoms with E-state index in [1.54, 1.807) is 6.07 Å². The Labute approximate surface area is 111 Å². The van der Waals surface area contributed by atoms with Gasteiger partial charge in [0.05, 0.1) is 6.57 Å². The predicted molar refractivity (Wildman–Crippen MR) is 75.9 cm³/mol. The highest BCUT2D eigenvalue weighted by Crippen LogP contribution is 2.28. The van der Waals surface area contributed by atoms with Crippen LogP contribution in [0.3, 0.4) is 0 Å². The fraction of sp³-hybridized carbons (Fsp3) is 0.400. The smallest absolute Gasteiger partial charge is 0.191 e. The number of nitrogens with zero attached hydrogens (tertiary/aromatic N) is 1. The van der Waals surface area contributed by atoms with Gasteiger partial charge in [-0.05, 0) is 31.2 Å². The Kier molecular flexibility index (Phi) is 4.33. The fourth-order valence-corrected chi connectivity index (χ4v) is 3.82. The highest BCUT2D eigenvalue weighted by molar-refractivity contribution is 7.84. The maximum Gasteiger partial charge on any atom is 0.191 e. The highest BCUT2D eigenvalue weighted by atomic mass is 32.2. The van der Waals surface area contributed by atoms with Crippen molar-refractivity contribution in [2.24, 2.45) is 0 Å². The van der Waals surface area contributed by atoms with Crippen molar-refractivity contribution in [3.05, 3.63) is 53.4 Å². The molecule has 3 heteroatoms. The molecule has 1 aromatic rings.